The number of para-hydroxylation sites is 1. The molecule has 1 aliphatic heterocycles. The minimum atomic E-state index is -3.91. The number of aromatic nitrogens is 4. The smallest absolute Gasteiger partial charge is 0.303 e. The van der Waals surface area contributed by atoms with E-state index < -0.39 is 16.1 Å². The lowest BCUT2D eigenvalue weighted by molar-refractivity contribution is 0.0980. The standard InChI is InChI=1S/C27H30N6O3S/c1-17-28-29-24-16-32-23-15-19(27(34)30-37(35,36)31(2)3)13-14-20(23)25(18-9-5-4-6-10-18)26(32)21-11-7-8-12-22(21)33(17)24/h7-8,11-15,18H,4-6,9-10,16H2,1-3H3,(H,30,34). The van der Waals surface area contributed by atoms with Crippen LogP contribution in [-0.4, -0.2) is 52.1 Å². The average molecular weight is 519 g/mol. The summed E-state index contributed by atoms with van der Waals surface area (Å²) in [6, 6.07) is 13.9. The Morgan fingerprint density at radius 1 is 1.05 bits per heavy atom. The van der Waals surface area contributed by atoms with Crippen LogP contribution < -0.4 is 4.72 Å². The third-order valence-electron chi connectivity index (χ3n) is 7.67. The van der Waals surface area contributed by atoms with Crippen LogP contribution in [0, 0.1) is 6.92 Å². The molecule has 37 heavy (non-hydrogen) atoms. The van der Waals surface area contributed by atoms with Crippen LogP contribution in [0.3, 0.4) is 0 Å². The SMILES string of the molecule is Cc1nnc2n1-c1ccccc1-c1c(C3CCCCC3)c3ccc(C(=O)NS(=O)(=O)N(C)C)cc3n1C2. The number of carbonyl (C=O) groups excluding carboxylic acids is 1. The number of nitrogens with zero attached hydrogens (tertiary/aromatic N) is 5. The highest BCUT2D eigenvalue weighted by atomic mass is 32.2. The molecular weight excluding hydrogens is 488 g/mol. The van der Waals surface area contributed by atoms with Gasteiger partial charge in [-0.05, 0) is 49.4 Å². The van der Waals surface area contributed by atoms with Gasteiger partial charge in [0.25, 0.3) is 5.91 Å². The molecule has 0 atom stereocenters. The summed E-state index contributed by atoms with van der Waals surface area (Å²) in [6.45, 7) is 2.46. The maximum absolute atomic E-state index is 13.0. The molecule has 2 aliphatic rings. The van der Waals surface area contributed by atoms with E-state index in [1.54, 1.807) is 6.07 Å². The second-order valence-electron chi connectivity index (χ2n) is 10.1. The van der Waals surface area contributed by atoms with Gasteiger partial charge in [0.2, 0.25) is 0 Å². The van der Waals surface area contributed by atoms with Gasteiger partial charge in [-0.3, -0.25) is 9.36 Å². The number of hydrogen-bond donors (Lipinski definition) is 1. The molecule has 1 aliphatic carbocycles. The lowest BCUT2D eigenvalue weighted by atomic mass is 9.81. The number of nitrogens with one attached hydrogen (secondary N) is 1. The molecule has 0 saturated heterocycles. The highest BCUT2D eigenvalue weighted by Gasteiger charge is 2.31. The van der Waals surface area contributed by atoms with E-state index in [1.165, 1.54) is 38.9 Å². The molecule has 192 valence electrons. The van der Waals surface area contributed by atoms with Crippen LogP contribution in [0.25, 0.3) is 27.8 Å². The molecule has 4 aromatic rings. The fraction of sp³-hybridized carbons (Fsp3) is 0.370. The van der Waals surface area contributed by atoms with Crippen molar-refractivity contribution in [2.24, 2.45) is 0 Å². The Morgan fingerprint density at radius 2 is 1.81 bits per heavy atom. The fourth-order valence-corrected chi connectivity index (χ4v) is 6.41. The molecule has 2 aromatic carbocycles. The van der Waals surface area contributed by atoms with Crippen molar-refractivity contribution in [1.82, 2.24) is 28.4 Å². The van der Waals surface area contributed by atoms with E-state index in [9.17, 15) is 13.2 Å². The van der Waals surface area contributed by atoms with Gasteiger partial charge < -0.3 is 4.57 Å². The van der Waals surface area contributed by atoms with Gasteiger partial charge in [-0.25, -0.2) is 4.72 Å². The number of rotatable bonds is 4. The number of hydrogen-bond acceptors (Lipinski definition) is 5. The topological polar surface area (TPSA) is 102 Å². The van der Waals surface area contributed by atoms with Gasteiger partial charge in [0, 0.05) is 30.6 Å². The first-order chi connectivity index (χ1) is 17.8. The van der Waals surface area contributed by atoms with Crippen molar-refractivity contribution in [3.05, 3.63) is 65.2 Å². The van der Waals surface area contributed by atoms with E-state index in [4.69, 9.17) is 0 Å². The zero-order valence-corrected chi connectivity index (χ0v) is 22.0. The number of fused-ring (bicyclic) bond motifs is 7. The van der Waals surface area contributed by atoms with Gasteiger partial charge in [0.05, 0.1) is 23.4 Å². The minimum absolute atomic E-state index is 0.295. The molecule has 1 amide bonds. The largest absolute Gasteiger partial charge is 0.332 e. The molecule has 0 bridgehead atoms. The van der Waals surface area contributed by atoms with Gasteiger partial charge in [-0.15, -0.1) is 10.2 Å². The van der Waals surface area contributed by atoms with Gasteiger partial charge in [-0.2, -0.15) is 12.7 Å². The monoisotopic (exact) mass is 518 g/mol. The molecule has 0 radical (unpaired) electrons. The predicted molar refractivity (Wildman–Crippen MR) is 142 cm³/mol. The van der Waals surface area contributed by atoms with Gasteiger partial charge in [0.1, 0.15) is 5.82 Å². The first-order valence-corrected chi connectivity index (χ1v) is 14.1. The van der Waals surface area contributed by atoms with Crippen LogP contribution in [0.5, 0.6) is 0 Å². The van der Waals surface area contributed by atoms with Crippen LogP contribution in [0.2, 0.25) is 0 Å². The van der Waals surface area contributed by atoms with E-state index in [-0.39, 0.29) is 0 Å². The minimum Gasteiger partial charge on any atom is -0.332 e. The normalized spacial score (nSPS) is 15.8. The molecule has 0 unspecified atom stereocenters. The zero-order valence-electron chi connectivity index (χ0n) is 21.2. The van der Waals surface area contributed by atoms with Gasteiger partial charge in [0.15, 0.2) is 5.82 Å². The Hall–Kier alpha value is -3.50. The van der Waals surface area contributed by atoms with Crippen LogP contribution in [-0.2, 0) is 16.8 Å². The zero-order chi connectivity index (χ0) is 25.9. The molecule has 6 rings (SSSR count). The molecule has 1 fully saturated rings. The maximum Gasteiger partial charge on any atom is 0.303 e. The van der Waals surface area contributed by atoms with E-state index in [1.807, 2.05) is 25.1 Å². The Balaban J connectivity index is 1.61. The molecule has 10 heteroatoms. The summed E-state index contributed by atoms with van der Waals surface area (Å²) in [4.78, 5) is 13.0. The molecular formula is C27H30N6O3S. The summed E-state index contributed by atoms with van der Waals surface area (Å²) >= 11 is 0. The number of benzene rings is 2. The summed E-state index contributed by atoms with van der Waals surface area (Å²) < 4.78 is 32.1. The fourth-order valence-electron chi connectivity index (χ4n) is 5.88. The first kappa shape index (κ1) is 23.9. The van der Waals surface area contributed by atoms with Crippen LogP contribution in [0.15, 0.2) is 42.5 Å². The summed E-state index contributed by atoms with van der Waals surface area (Å²) in [5.74, 6) is 1.41. The summed E-state index contributed by atoms with van der Waals surface area (Å²) in [5, 5.41) is 9.96. The Kier molecular flexibility index (Phi) is 5.68. The average Bonchev–Trinajstić information content (AvgIpc) is 3.36. The lowest BCUT2D eigenvalue weighted by Gasteiger charge is -2.24. The quantitative estimate of drug-likeness (QED) is 0.385. The van der Waals surface area contributed by atoms with E-state index in [0.29, 0.717) is 18.0 Å². The van der Waals surface area contributed by atoms with E-state index >= 15 is 0 Å². The summed E-state index contributed by atoms with van der Waals surface area (Å²) in [5.41, 5.74) is 5.82. The Bertz CT molecular complexity index is 1640. The number of amides is 1. The number of aryl methyl sites for hydroxylation is 1. The third kappa shape index (κ3) is 3.86. The summed E-state index contributed by atoms with van der Waals surface area (Å²) in [7, 11) is -1.13. The van der Waals surface area contributed by atoms with Crippen LogP contribution in [0.1, 0.15) is 65.6 Å². The van der Waals surface area contributed by atoms with Crippen molar-refractivity contribution >= 4 is 27.0 Å². The highest BCUT2D eigenvalue weighted by molar-refractivity contribution is 7.87. The van der Waals surface area contributed by atoms with Crippen LogP contribution in [0.4, 0.5) is 0 Å². The summed E-state index contributed by atoms with van der Waals surface area (Å²) in [6.07, 6.45) is 5.91. The molecule has 3 heterocycles. The van der Waals surface area contributed by atoms with E-state index in [2.05, 4.69) is 42.3 Å². The van der Waals surface area contributed by atoms with Crippen molar-refractivity contribution in [3.63, 3.8) is 0 Å². The molecule has 0 spiro atoms. The van der Waals surface area contributed by atoms with Crippen molar-refractivity contribution in [1.29, 1.82) is 0 Å². The molecule has 1 N–H and O–H groups in total. The lowest BCUT2D eigenvalue weighted by Crippen LogP contribution is -2.39. The van der Waals surface area contributed by atoms with Gasteiger partial charge in [-0.1, -0.05) is 43.5 Å². The molecule has 1 saturated carbocycles. The number of carbonyl (C=O) groups is 1. The molecule has 9 nitrogen and oxygen atoms in total. The van der Waals surface area contributed by atoms with Crippen molar-refractivity contribution in [3.8, 4) is 16.9 Å². The predicted octanol–water partition coefficient (Wildman–Crippen LogP) is 4.14. The maximum atomic E-state index is 13.0. The van der Waals surface area contributed by atoms with Crippen LogP contribution >= 0.6 is 0 Å². The van der Waals surface area contributed by atoms with Crippen molar-refractivity contribution < 1.29 is 13.2 Å². The highest BCUT2D eigenvalue weighted by Crippen LogP contribution is 2.46. The Morgan fingerprint density at radius 3 is 2.57 bits per heavy atom. The van der Waals surface area contributed by atoms with E-state index in [0.717, 1.165) is 56.6 Å². The van der Waals surface area contributed by atoms with Crippen molar-refractivity contribution in [2.75, 3.05) is 14.1 Å². The third-order valence-corrected chi connectivity index (χ3v) is 9.08. The first-order valence-electron chi connectivity index (χ1n) is 12.7. The second kappa shape index (κ2) is 8.81. The Labute approximate surface area is 216 Å². The van der Waals surface area contributed by atoms with Gasteiger partial charge >= 0.3 is 10.2 Å². The van der Waals surface area contributed by atoms with Crippen molar-refractivity contribution in [2.45, 2.75) is 51.5 Å². The molecule has 2 aromatic heterocycles. The second-order valence-corrected chi connectivity index (χ2v) is 12.0.